The number of ether oxygens (including phenoxy) is 1. The summed E-state index contributed by atoms with van der Waals surface area (Å²) in [4.78, 5) is 14.5. The van der Waals surface area contributed by atoms with E-state index in [2.05, 4.69) is 12.2 Å². The van der Waals surface area contributed by atoms with E-state index in [1.54, 1.807) is 7.11 Å². The Balaban J connectivity index is 1.97. The number of rotatable bonds is 8. The van der Waals surface area contributed by atoms with Crippen molar-refractivity contribution in [2.75, 3.05) is 26.8 Å². The van der Waals surface area contributed by atoms with Gasteiger partial charge in [-0.25, -0.2) is 0 Å². The number of carbonyl (C=O) groups excluding carboxylic acids is 1. The average Bonchev–Trinajstić information content (AvgIpc) is 3.29. The van der Waals surface area contributed by atoms with Crippen LogP contribution in [0.2, 0.25) is 5.02 Å². The molecule has 0 spiro atoms. The van der Waals surface area contributed by atoms with Crippen LogP contribution in [-0.2, 0) is 9.53 Å². The molecule has 1 aromatic carbocycles. The van der Waals surface area contributed by atoms with Gasteiger partial charge in [-0.1, -0.05) is 23.7 Å². The van der Waals surface area contributed by atoms with Gasteiger partial charge in [0.2, 0.25) is 5.91 Å². The Kier molecular flexibility index (Phi) is 6.03. The summed E-state index contributed by atoms with van der Waals surface area (Å²) in [6.07, 6.45) is 2.20. The number of amides is 1. The summed E-state index contributed by atoms with van der Waals surface area (Å²) in [7, 11) is 1.66. The summed E-state index contributed by atoms with van der Waals surface area (Å²) in [6, 6.07) is 8.19. The summed E-state index contributed by atoms with van der Waals surface area (Å²) in [5, 5.41) is 3.85. The van der Waals surface area contributed by atoms with Crippen LogP contribution in [0.1, 0.15) is 31.4 Å². The van der Waals surface area contributed by atoms with E-state index in [0.717, 1.165) is 23.4 Å². The standard InChI is InChI=1S/C16H23ClN2O2/c1-12(13-3-5-14(17)6-4-13)19(15-7-8-15)16(20)11-18-9-10-21-2/h3-6,12,15,18H,7-11H2,1-2H3. The first-order valence-corrected chi connectivity index (χ1v) is 7.77. The molecule has 2 rings (SSSR count). The van der Waals surface area contributed by atoms with Crippen LogP contribution in [0.25, 0.3) is 0 Å². The number of benzene rings is 1. The first kappa shape index (κ1) is 16.3. The predicted molar refractivity (Wildman–Crippen MR) is 84.5 cm³/mol. The molecule has 1 unspecified atom stereocenters. The van der Waals surface area contributed by atoms with Gasteiger partial charge in [0, 0.05) is 24.7 Å². The molecule has 4 nitrogen and oxygen atoms in total. The molecule has 1 aromatic rings. The zero-order valence-corrected chi connectivity index (χ0v) is 13.4. The Hall–Kier alpha value is -1.10. The van der Waals surface area contributed by atoms with Crippen molar-refractivity contribution < 1.29 is 9.53 Å². The lowest BCUT2D eigenvalue weighted by molar-refractivity contribution is -0.133. The van der Waals surface area contributed by atoms with Gasteiger partial charge in [0.25, 0.3) is 0 Å². The average molecular weight is 311 g/mol. The van der Waals surface area contributed by atoms with Crippen molar-refractivity contribution in [2.45, 2.75) is 31.8 Å². The Labute approximate surface area is 131 Å². The SMILES string of the molecule is COCCNCC(=O)N(C1CC1)C(C)c1ccc(Cl)cc1. The normalized spacial score (nSPS) is 15.8. The van der Waals surface area contributed by atoms with Gasteiger partial charge in [-0.2, -0.15) is 0 Å². The molecule has 1 saturated carbocycles. The molecule has 0 radical (unpaired) electrons. The molecule has 116 valence electrons. The Morgan fingerprint density at radius 1 is 1.43 bits per heavy atom. The van der Waals surface area contributed by atoms with Crippen LogP contribution in [-0.4, -0.2) is 43.7 Å². The van der Waals surface area contributed by atoms with Crippen LogP contribution in [0, 0.1) is 0 Å². The number of hydrogen-bond donors (Lipinski definition) is 1. The number of nitrogens with one attached hydrogen (secondary N) is 1. The van der Waals surface area contributed by atoms with E-state index in [4.69, 9.17) is 16.3 Å². The van der Waals surface area contributed by atoms with Gasteiger partial charge in [0.15, 0.2) is 0 Å². The Morgan fingerprint density at radius 3 is 2.67 bits per heavy atom. The molecule has 1 atom stereocenters. The molecule has 1 amide bonds. The van der Waals surface area contributed by atoms with Gasteiger partial charge in [-0.15, -0.1) is 0 Å². The fourth-order valence-corrected chi connectivity index (χ4v) is 2.58. The highest BCUT2D eigenvalue weighted by Gasteiger charge is 2.35. The highest BCUT2D eigenvalue weighted by molar-refractivity contribution is 6.30. The smallest absolute Gasteiger partial charge is 0.237 e. The van der Waals surface area contributed by atoms with Crippen molar-refractivity contribution >= 4 is 17.5 Å². The Morgan fingerprint density at radius 2 is 2.10 bits per heavy atom. The van der Waals surface area contributed by atoms with Crippen molar-refractivity contribution in [3.63, 3.8) is 0 Å². The highest BCUT2D eigenvalue weighted by Crippen LogP contribution is 2.34. The fourth-order valence-electron chi connectivity index (χ4n) is 2.45. The molecule has 1 fully saturated rings. The predicted octanol–water partition coefficient (Wildman–Crippen LogP) is 2.63. The minimum Gasteiger partial charge on any atom is -0.383 e. The monoisotopic (exact) mass is 310 g/mol. The third kappa shape index (κ3) is 4.70. The summed E-state index contributed by atoms with van der Waals surface area (Å²) in [6.45, 7) is 3.74. The van der Waals surface area contributed by atoms with Gasteiger partial charge >= 0.3 is 0 Å². The molecule has 0 aliphatic heterocycles. The fraction of sp³-hybridized carbons (Fsp3) is 0.562. The second kappa shape index (κ2) is 7.78. The topological polar surface area (TPSA) is 41.6 Å². The lowest BCUT2D eigenvalue weighted by atomic mass is 10.1. The first-order chi connectivity index (χ1) is 10.1. The van der Waals surface area contributed by atoms with Crippen LogP contribution >= 0.6 is 11.6 Å². The summed E-state index contributed by atoms with van der Waals surface area (Å²) < 4.78 is 4.97. The van der Waals surface area contributed by atoms with Crippen molar-refractivity contribution in [1.29, 1.82) is 0 Å². The van der Waals surface area contributed by atoms with E-state index < -0.39 is 0 Å². The molecule has 1 N–H and O–H groups in total. The van der Waals surface area contributed by atoms with Crippen LogP contribution in [0.5, 0.6) is 0 Å². The van der Waals surface area contributed by atoms with Gasteiger partial charge in [-0.05, 0) is 37.5 Å². The highest BCUT2D eigenvalue weighted by atomic mass is 35.5. The molecular weight excluding hydrogens is 288 g/mol. The van der Waals surface area contributed by atoms with E-state index in [1.807, 2.05) is 29.2 Å². The summed E-state index contributed by atoms with van der Waals surface area (Å²) in [5.41, 5.74) is 1.12. The molecule has 1 aliphatic carbocycles. The zero-order chi connectivity index (χ0) is 15.2. The van der Waals surface area contributed by atoms with E-state index in [0.29, 0.717) is 25.7 Å². The molecule has 5 heteroatoms. The van der Waals surface area contributed by atoms with Gasteiger partial charge in [-0.3, -0.25) is 4.79 Å². The number of halogens is 1. The van der Waals surface area contributed by atoms with Crippen molar-refractivity contribution in [3.8, 4) is 0 Å². The van der Waals surface area contributed by atoms with Crippen LogP contribution in [0.15, 0.2) is 24.3 Å². The molecular formula is C16H23ClN2O2. The molecule has 21 heavy (non-hydrogen) atoms. The van der Waals surface area contributed by atoms with Crippen molar-refractivity contribution in [1.82, 2.24) is 10.2 Å². The van der Waals surface area contributed by atoms with E-state index in [-0.39, 0.29) is 11.9 Å². The van der Waals surface area contributed by atoms with Crippen molar-refractivity contribution in [3.05, 3.63) is 34.9 Å². The number of nitrogens with zero attached hydrogens (tertiary/aromatic N) is 1. The van der Waals surface area contributed by atoms with E-state index in [9.17, 15) is 4.79 Å². The third-order valence-corrected chi connectivity index (χ3v) is 4.01. The maximum atomic E-state index is 12.5. The molecule has 0 aromatic heterocycles. The van der Waals surface area contributed by atoms with Crippen LogP contribution < -0.4 is 5.32 Å². The number of carbonyl (C=O) groups is 1. The largest absolute Gasteiger partial charge is 0.383 e. The summed E-state index contributed by atoms with van der Waals surface area (Å²) >= 11 is 5.93. The zero-order valence-electron chi connectivity index (χ0n) is 12.6. The van der Waals surface area contributed by atoms with Gasteiger partial charge in [0.1, 0.15) is 0 Å². The van der Waals surface area contributed by atoms with Crippen LogP contribution in [0.3, 0.4) is 0 Å². The number of methoxy groups -OCH3 is 1. The first-order valence-electron chi connectivity index (χ1n) is 7.39. The second-order valence-electron chi connectivity index (χ2n) is 5.43. The second-order valence-corrected chi connectivity index (χ2v) is 5.87. The Bertz CT molecular complexity index is 460. The van der Waals surface area contributed by atoms with E-state index in [1.165, 1.54) is 0 Å². The lowest BCUT2D eigenvalue weighted by Crippen LogP contribution is -2.41. The van der Waals surface area contributed by atoms with Gasteiger partial charge < -0.3 is 15.0 Å². The minimum atomic E-state index is 0.0755. The lowest BCUT2D eigenvalue weighted by Gasteiger charge is -2.30. The molecule has 0 bridgehead atoms. The van der Waals surface area contributed by atoms with Crippen molar-refractivity contribution in [2.24, 2.45) is 0 Å². The summed E-state index contributed by atoms with van der Waals surface area (Å²) in [5.74, 6) is 0.149. The van der Waals surface area contributed by atoms with E-state index >= 15 is 0 Å². The maximum Gasteiger partial charge on any atom is 0.237 e. The molecule has 1 aliphatic rings. The molecule has 0 heterocycles. The number of hydrogen-bond acceptors (Lipinski definition) is 3. The molecule has 0 saturated heterocycles. The van der Waals surface area contributed by atoms with Crippen LogP contribution in [0.4, 0.5) is 0 Å². The minimum absolute atomic E-state index is 0.0755. The quantitative estimate of drug-likeness (QED) is 0.751. The maximum absolute atomic E-state index is 12.5. The third-order valence-electron chi connectivity index (χ3n) is 3.76. The van der Waals surface area contributed by atoms with Gasteiger partial charge in [0.05, 0.1) is 19.2 Å².